The summed E-state index contributed by atoms with van der Waals surface area (Å²) < 4.78 is 2.06. The van der Waals surface area contributed by atoms with Gasteiger partial charge in [0.1, 0.15) is 0 Å². The van der Waals surface area contributed by atoms with Crippen LogP contribution in [0.25, 0.3) is 0 Å². The first-order chi connectivity index (χ1) is 12.3. The number of benzene rings is 2. The van der Waals surface area contributed by atoms with Gasteiger partial charge in [0.2, 0.25) is 0 Å². The molecule has 0 aliphatic rings. The summed E-state index contributed by atoms with van der Waals surface area (Å²) in [5, 5.41) is 19.7. The van der Waals surface area contributed by atoms with Gasteiger partial charge in [0.15, 0.2) is 5.16 Å². The average molecular weight is 349 g/mol. The van der Waals surface area contributed by atoms with Crippen molar-refractivity contribution in [2.75, 3.05) is 0 Å². The van der Waals surface area contributed by atoms with Gasteiger partial charge in [-0.05, 0) is 23.6 Å². The van der Waals surface area contributed by atoms with Crippen LogP contribution < -0.4 is 0 Å². The highest BCUT2D eigenvalue weighted by Gasteiger charge is 2.11. The number of aliphatic hydroxyl groups excluding tert-OH is 1. The third-order valence-corrected chi connectivity index (χ3v) is 5.06. The van der Waals surface area contributed by atoms with Gasteiger partial charge in [-0.1, -0.05) is 60.3 Å². The maximum absolute atomic E-state index is 9.58. The van der Waals surface area contributed by atoms with Crippen molar-refractivity contribution in [3.8, 4) is 6.07 Å². The SMILES string of the molecule is N#Cc1ccccc1CSc1ncc(CO)n1CCc1ccccc1. The number of thioether (sulfide) groups is 1. The number of rotatable bonds is 7. The monoisotopic (exact) mass is 349 g/mol. The second-order valence-electron chi connectivity index (χ2n) is 5.64. The minimum Gasteiger partial charge on any atom is -0.390 e. The number of aryl methyl sites for hydroxylation is 1. The van der Waals surface area contributed by atoms with Gasteiger partial charge in [0.05, 0.1) is 30.1 Å². The van der Waals surface area contributed by atoms with Crippen LogP contribution in [-0.2, 0) is 25.3 Å². The van der Waals surface area contributed by atoms with E-state index < -0.39 is 0 Å². The van der Waals surface area contributed by atoms with Crippen LogP contribution in [0.1, 0.15) is 22.4 Å². The quantitative estimate of drug-likeness (QED) is 0.659. The Kier molecular flexibility index (Phi) is 5.89. The number of nitrogens with zero attached hydrogens (tertiary/aromatic N) is 3. The summed E-state index contributed by atoms with van der Waals surface area (Å²) in [5.41, 5.74) is 3.76. The molecule has 0 aliphatic carbocycles. The van der Waals surface area contributed by atoms with E-state index in [1.165, 1.54) is 5.56 Å². The van der Waals surface area contributed by atoms with Crippen molar-refractivity contribution >= 4 is 11.8 Å². The van der Waals surface area contributed by atoms with E-state index in [4.69, 9.17) is 0 Å². The molecule has 0 spiro atoms. The Morgan fingerprint density at radius 3 is 2.60 bits per heavy atom. The van der Waals surface area contributed by atoms with Gasteiger partial charge in [0, 0.05) is 12.3 Å². The first-order valence-electron chi connectivity index (χ1n) is 8.12. The molecule has 1 heterocycles. The molecule has 1 N–H and O–H groups in total. The lowest BCUT2D eigenvalue weighted by Crippen LogP contribution is -2.07. The van der Waals surface area contributed by atoms with Crippen molar-refractivity contribution in [1.82, 2.24) is 9.55 Å². The fraction of sp³-hybridized carbons (Fsp3) is 0.200. The summed E-state index contributed by atoms with van der Waals surface area (Å²) in [4.78, 5) is 4.45. The van der Waals surface area contributed by atoms with Gasteiger partial charge in [-0.25, -0.2) is 4.98 Å². The maximum Gasteiger partial charge on any atom is 0.168 e. The van der Waals surface area contributed by atoms with Crippen LogP contribution in [0.2, 0.25) is 0 Å². The number of aliphatic hydroxyl groups is 1. The molecule has 4 nitrogen and oxygen atoms in total. The molecule has 0 amide bonds. The fourth-order valence-corrected chi connectivity index (χ4v) is 3.68. The molecule has 1 aromatic heterocycles. The van der Waals surface area contributed by atoms with Gasteiger partial charge in [0.25, 0.3) is 0 Å². The molecule has 0 saturated carbocycles. The molecular formula is C20H19N3OS. The normalized spacial score (nSPS) is 10.6. The van der Waals surface area contributed by atoms with Crippen LogP contribution in [0.3, 0.4) is 0 Å². The molecule has 0 saturated heterocycles. The Labute approximate surface area is 151 Å². The number of aromatic nitrogens is 2. The summed E-state index contributed by atoms with van der Waals surface area (Å²) in [5.74, 6) is 0.678. The second kappa shape index (κ2) is 8.52. The molecular weight excluding hydrogens is 330 g/mol. The lowest BCUT2D eigenvalue weighted by Gasteiger charge is -2.11. The van der Waals surface area contributed by atoms with Gasteiger partial charge in [-0.2, -0.15) is 5.26 Å². The summed E-state index contributed by atoms with van der Waals surface area (Å²) in [6.07, 6.45) is 2.61. The molecule has 0 aliphatic heterocycles. The number of nitriles is 1. The lowest BCUT2D eigenvalue weighted by atomic mass is 10.1. The average Bonchev–Trinajstić information content (AvgIpc) is 3.07. The zero-order chi connectivity index (χ0) is 17.5. The highest BCUT2D eigenvalue weighted by atomic mass is 32.2. The Bertz CT molecular complexity index is 868. The van der Waals surface area contributed by atoms with E-state index in [2.05, 4.69) is 27.8 Å². The highest BCUT2D eigenvalue weighted by molar-refractivity contribution is 7.98. The molecule has 0 radical (unpaired) electrons. The molecule has 3 rings (SSSR count). The second-order valence-corrected chi connectivity index (χ2v) is 6.58. The maximum atomic E-state index is 9.58. The third kappa shape index (κ3) is 4.30. The first kappa shape index (κ1) is 17.3. The van der Waals surface area contributed by atoms with E-state index in [-0.39, 0.29) is 6.61 Å². The topological polar surface area (TPSA) is 61.8 Å². The van der Waals surface area contributed by atoms with E-state index >= 15 is 0 Å². The van der Waals surface area contributed by atoms with E-state index in [0.717, 1.165) is 29.4 Å². The third-order valence-electron chi connectivity index (χ3n) is 4.03. The zero-order valence-corrected chi connectivity index (χ0v) is 14.6. The summed E-state index contributed by atoms with van der Waals surface area (Å²) >= 11 is 1.59. The van der Waals surface area contributed by atoms with Gasteiger partial charge in [-0.15, -0.1) is 0 Å². The van der Waals surface area contributed by atoms with E-state index in [1.807, 2.05) is 42.5 Å². The van der Waals surface area contributed by atoms with Gasteiger partial charge in [-0.3, -0.25) is 0 Å². The number of hydrogen-bond acceptors (Lipinski definition) is 4. The van der Waals surface area contributed by atoms with Crippen molar-refractivity contribution in [3.63, 3.8) is 0 Å². The van der Waals surface area contributed by atoms with Crippen molar-refractivity contribution in [2.24, 2.45) is 0 Å². The largest absolute Gasteiger partial charge is 0.390 e. The first-order valence-corrected chi connectivity index (χ1v) is 9.10. The van der Waals surface area contributed by atoms with Crippen LogP contribution in [0.5, 0.6) is 0 Å². The van der Waals surface area contributed by atoms with Crippen molar-refractivity contribution in [1.29, 1.82) is 5.26 Å². The minimum atomic E-state index is -0.0306. The van der Waals surface area contributed by atoms with Crippen molar-refractivity contribution < 1.29 is 5.11 Å². The van der Waals surface area contributed by atoms with Gasteiger partial charge < -0.3 is 9.67 Å². The summed E-state index contributed by atoms with van der Waals surface area (Å²) in [7, 11) is 0. The highest BCUT2D eigenvalue weighted by Crippen LogP contribution is 2.25. The summed E-state index contributed by atoms with van der Waals surface area (Å²) in [6, 6.07) is 20.1. The molecule has 0 atom stereocenters. The minimum absolute atomic E-state index is 0.0306. The molecule has 2 aromatic carbocycles. The Hall–Kier alpha value is -2.55. The lowest BCUT2D eigenvalue weighted by molar-refractivity contribution is 0.269. The van der Waals surface area contributed by atoms with E-state index in [1.54, 1.807) is 18.0 Å². The predicted molar refractivity (Wildman–Crippen MR) is 99.0 cm³/mol. The standard InChI is InChI=1S/C20H19N3OS/c21-12-17-8-4-5-9-18(17)15-25-20-22-13-19(14-24)23(20)11-10-16-6-2-1-3-7-16/h1-9,13,24H,10-11,14-15H2. The van der Waals surface area contributed by atoms with Crippen LogP contribution >= 0.6 is 11.8 Å². The van der Waals surface area contributed by atoms with Gasteiger partial charge >= 0.3 is 0 Å². The smallest absolute Gasteiger partial charge is 0.168 e. The van der Waals surface area contributed by atoms with Crippen LogP contribution in [0.15, 0.2) is 66.0 Å². The van der Waals surface area contributed by atoms with Crippen molar-refractivity contribution in [3.05, 3.63) is 83.2 Å². The van der Waals surface area contributed by atoms with Crippen LogP contribution in [0.4, 0.5) is 0 Å². The molecule has 0 fully saturated rings. The Morgan fingerprint density at radius 2 is 1.84 bits per heavy atom. The Morgan fingerprint density at radius 1 is 1.08 bits per heavy atom. The molecule has 0 unspecified atom stereocenters. The summed E-state index contributed by atoms with van der Waals surface area (Å²) in [6.45, 7) is 0.735. The molecule has 0 bridgehead atoms. The molecule has 3 aromatic rings. The molecule has 5 heteroatoms. The number of hydrogen-bond donors (Lipinski definition) is 1. The van der Waals surface area contributed by atoms with Crippen LogP contribution in [0, 0.1) is 11.3 Å². The van der Waals surface area contributed by atoms with E-state index in [0.29, 0.717) is 11.3 Å². The molecule has 126 valence electrons. The zero-order valence-electron chi connectivity index (χ0n) is 13.8. The molecule has 25 heavy (non-hydrogen) atoms. The van der Waals surface area contributed by atoms with Crippen LogP contribution in [-0.4, -0.2) is 14.7 Å². The predicted octanol–water partition coefficient (Wildman–Crippen LogP) is 3.78. The Balaban J connectivity index is 1.73. The fourth-order valence-electron chi connectivity index (χ4n) is 2.66. The number of imidazole rings is 1. The van der Waals surface area contributed by atoms with Crippen molar-refractivity contribution in [2.45, 2.75) is 30.5 Å². The van der Waals surface area contributed by atoms with E-state index in [9.17, 15) is 10.4 Å².